The van der Waals surface area contributed by atoms with Gasteiger partial charge in [0.2, 0.25) is 6.29 Å². The third-order valence-electron chi connectivity index (χ3n) is 5.20. The Morgan fingerprint density at radius 3 is 2.31 bits per heavy atom. The van der Waals surface area contributed by atoms with E-state index in [0.29, 0.717) is 29.1 Å². The van der Waals surface area contributed by atoms with Gasteiger partial charge >= 0.3 is 0 Å². The third-order valence-corrected chi connectivity index (χ3v) is 5.20. The number of rotatable bonds is 9. The molecule has 1 aliphatic heterocycles. The van der Waals surface area contributed by atoms with Crippen LogP contribution in [0, 0.1) is 0 Å². The van der Waals surface area contributed by atoms with Crippen molar-refractivity contribution in [2.24, 2.45) is 0 Å². The van der Waals surface area contributed by atoms with Gasteiger partial charge in [0.15, 0.2) is 0 Å². The normalized spacial score (nSPS) is 26.8. The molecule has 0 aromatic heterocycles. The average Bonchev–Trinajstić information content (AvgIpc) is 2.77. The molecule has 2 aromatic rings. The van der Waals surface area contributed by atoms with Crippen LogP contribution in [0.2, 0.25) is 0 Å². The number of ether oxygens (including phenoxy) is 3. The number of carbonyl (C=O) groups is 1. The number of quaternary nitrogens is 1. The third kappa shape index (κ3) is 5.47. The predicted molar refractivity (Wildman–Crippen MR) is 110 cm³/mol. The van der Waals surface area contributed by atoms with Crippen molar-refractivity contribution in [3.63, 3.8) is 0 Å². The van der Waals surface area contributed by atoms with Gasteiger partial charge in [0.05, 0.1) is 12.0 Å². The van der Waals surface area contributed by atoms with Crippen molar-refractivity contribution in [2.75, 3.05) is 13.2 Å². The Kier molecular flexibility index (Phi) is 7.88. The van der Waals surface area contributed by atoms with Crippen molar-refractivity contribution < 1.29 is 49.9 Å². The first-order valence-electron chi connectivity index (χ1n) is 10.4. The second-order valence-corrected chi connectivity index (χ2v) is 8.12. The van der Waals surface area contributed by atoms with E-state index < -0.39 is 42.8 Å². The van der Waals surface area contributed by atoms with E-state index in [1.165, 1.54) is 0 Å². The van der Waals surface area contributed by atoms with Crippen LogP contribution in [0.3, 0.4) is 0 Å². The first-order chi connectivity index (χ1) is 15.2. The Bertz CT molecular complexity index is 921. The summed E-state index contributed by atoms with van der Waals surface area (Å²) in [5.74, 6) is -0.991. The van der Waals surface area contributed by atoms with E-state index >= 15 is 0 Å². The maximum atomic E-state index is 11.2. The van der Waals surface area contributed by atoms with Crippen LogP contribution in [0.1, 0.15) is 13.8 Å². The molecule has 1 heterocycles. The lowest BCUT2D eigenvalue weighted by Crippen LogP contribution is -2.90. The van der Waals surface area contributed by atoms with Crippen LogP contribution in [0.25, 0.3) is 10.8 Å². The van der Waals surface area contributed by atoms with Gasteiger partial charge in [0.25, 0.3) is 0 Å². The maximum Gasteiger partial charge on any atom is 0.229 e. The molecule has 0 saturated carbocycles. The first-order valence-corrected chi connectivity index (χ1v) is 10.4. The van der Waals surface area contributed by atoms with E-state index in [2.05, 4.69) is 0 Å². The molecule has 0 amide bonds. The fourth-order valence-electron chi connectivity index (χ4n) is 3.42. The molecule has 10 nitrogen and oxygen atoms in total. The lowest BCUT2D eigenvalue weighted by molar-refractivity contribution is -0.688. The number of carboxylic acids is 1. The van der Waals surface area contributed by atoms with Gasteiger partial charge in [0, 0.05) is 10.8 Å². The molecular weight excluding hydrogens is 422 g/mol. The zero-order chi connectivity index (χ0) is 23.4. The molecule has 1 fully saturated rings. The van der Waals surface area contributed by atoms with Crippen LogP contribution >= 0.6 is 0 Å². The van der Waals surface area contributed by atoms with Crippen LogP contribution in [0.4, 0.5) is 0 Å². The molecule has 1 saturated heterocycles. The summed E-state index contributed by atoms with van der Waals surface area (Å²) < 4.78 is 16.6. The van der Waals surface area contributed by atoms with Crippen LogP contribution in [-0.2, 0) is 9.53 Å². The maximum absolute atomic E-state index is 11.2. The van der Waals surface area contributed by atoms with Crippen molar-refractivity contribution in [1.29, 1.82) is 0 Å². The van der Waals surface area contributed by atoms with Gasteiger partial charge in [-0.1, -0.05) is 24.3 Å². The molecule has 6 N–H and O–H groups in total. The van der Waals surface area contributed by atoms with Crippen molar-refractivity contribution in [3.05, 3.63) is 36.4 Å². The molecule has 0 bridgehead atoms. The van der Waals surface area contributed by atoms with Crippen molar-refractivity contribution >= 4 is 16.7 Å². The zero-order valence-corrected chi connectivity index (χ0v) is 17.8. The average molecular weight is 451 g/mol. The highest BCUT2D eigenvalue weighted by atomic mass is 16.7. The van der Waals surface area contributed by atoms with Crippen molar-refractivity contribution in [2.45, 2.75) is 56.7 Å². The number of hydrogen-bond acceptors (Lipinski definition) is 9. The van der Waals surface area contributed by atoms with Crippen LogP contribution in [-0.4, -0.2) is 82.4 Å². The SMILES string of the molecule is CC(C)[NH2+]C[C@H](O)COc1ccc(O[C@@H]2O[C@H](C(=O)[O-])[C@@H](O)[C@H](O)[C@H]2O)c2ccccc12. The van der Waals surface area contributed by atoms with Gasteiger partial charge in [-0.15, -0.1) is 0 Å². The zero-order valence-electron chi connectivity index (χ0n) is 17.8. The summed E-state index contributed by atoms with van der Waals surface area (Å²) in [6, 6.07) is 10.6. The fraction of sp³-hybridized carbons (Fsp3) is 0.500. The van der Waals surface area contributed by atoms with Gasteiger partial charge in [0.1, 0.15) is 55.2 Å². The molecule has 0 radical (unpaired) electrons. The molecule has 3 rings (SSSR count). The number of nitrogens with two attached hydrogens (primary N) is 1. The predicted octanol–water partition coefficient (Wildman–Crippen LogP) is -2.51. The molecule has 0 aliphatic carbocycles. The molecule has 0 spiro atoms. The highest BCUT2D eigenvalue weighted by Crippen LogP contribution is 2.35. The summed E-state index contributed by atoms with van der Waals surface area (Å²) in [5, 5.41) is 54.5. The van der Waals surface area contributed by atoms with Crippen LogP contribution in [0.15, 0.2) is 36.4 Å². The van der Waals surface area contributed by atoms with E-state index in [9.17, 15) is 30.3 Å². The minimum atomic E-state index is -1.86. The minimum absolute atomic E-state index is 0.0925. The lowest BCUT2D eigenvalue weighted by atomic mass is 9.99. The van der Waals surface area contributed by atoms with Gasteiger partial charge in [-0.2, -0.15) is 0 Å². The number of hydrogen-bond donors (Lipinski definition) is 5. The van der Waals surface area contributed by atoms with Crippen molar-refractivity contribution in [3.8, 4) is 11.5 Å². The van der Waals surface area contributed by atoms with E-state index in [0.717, 1.165) is 0 Å². The van der Waals surface area contributed by atoms with E-state index in [-0.39, 0.29) is 12.4 Å². The summed E-state index contributed by atoms with van der Waals surface area (Å²) in [7, 11) is 0. The Labute approximate surface area is 185 Å². The highest BCUT2D eigenvalue weighted by Gasteiger charge is 2.45. The number of aliphatic hydroxyl groups is 4. The molecule has 0 unspecified atom stereocenters. The van der Waals surface area contributed by atoms with E-state index in [4.69, 9.17) is 14.2 Å². The Morgan fingerprint density at radius 1 is 1.06 bits per heavy atom. The quantitative estimate of drug-likeness (QED) is 0.277. The van der Waals surface area contributed by atoms with Gasteiger partial charge < -0.3 is 49.9 Å². The molecule has 1 aliphatic rings. The number of carboxylic acid groups (broad SMARTS) is 1. The minimum Gasteiger partial charge on any atom is -0.547 e. The highest BCUT2D eigenvalue weighted by molar-refractivity contribution is 5.93. The Hall–Kier alpha value is -2.47. The topological polar surface area (TPSA) is 165 Å². The number of benzene rings is 2. The van der Waals surface area contributed by atoms with Crippen molar-refractivity contribution in [1.82, 2.24) is 0 Å². The number of fused-ring (bicyclic) bond motifs is 1. The molecular formula is C22H29NO9. The summed E-state index contributed by atoms with van der Waals surface area (Å²) in [6.45, 7) is 4.65. The Balaban J connectivity index is 1.78. The summed E-state index contributed by atoms with van der Waals surface area (Å²) in [6.07, 6.45) is -9.43. The molecule has 2 aromatic carbocycles. The monoisotopic (exact) mass is 451 g/mol. The number of carbonyl (C=O) groups excluding carboxylic acids is 1. The van der Waals surface area contributed by atoms with Gasteiger partial charge in [-0.05, 0) is 26.0 Å². The molecule has 32 heavy (non-hydrogen) atoms. The first kappa shape index (κ1) is 24.2. The smallest absolute Gasteiger partial charge is 0.229 e. The fourth-order valence-corrected chi connectivity index (χ4v) is 3.42. The number of aliphatic hydroxyl groups excluding tert-OH is 4. The van der Waals surface area contributed by atoms with E-state index in [1.807, 2.05) is 19.2 Å². The second kappa shape index (κ2) is 10.4. The largest absolute Gasteiger partial charge is 0.547 e. The van der Waals surface area contributed by atoms with Gasteiger partial charge in [-0.25, -0.2) is 0 Å². The summed E-state index contributed by atoms with van der Waals surface area (Å²) in [5.41, 5.74) is 0. The standard InChI is InChI=1S/C22H29NO9/c1-11(2)23-9-12(24)10-30-15-7-8-16(14-6-4-3-5-13(14)15)31-22-19(27)17(25)18(26)20(32-22)21(28)29/h3-8,11-12,17-20,22-27H,9-10H2,1-2H3,(H,28,29)/t12-,17-,18-,19+,20-,22+/m0/s1. The molecule has 176 valence electrons. The van der Waals surface area contributed by atoms with Crippen LogP contribution in [0.5, 0.6) is 11.5 Å². The van der Waals surface area contributed by atoms with E-state index in [1.54, 1.807) is 36.4 Å². The van der Waals surface area contributed by atoms with Crippen LogP contribution < -0.4 is 19.9 Å². The second-order valence-electron chi connectivity index (χ2n) is 8.12. The molecule has 10 heteroatoms. The van der Waals surface area contributed by atoms with Gasteiger partial charge in [-0.3, -0.25) is 0 Å². The lowest BCUT2D eigenvalue weighted by Gasteiger charge is -2.40. The molecule has 6 atom stereocenters. The summed E-state index contributed by atoms with van der Waals surface area (Å²) >= 11 is 0. The summed E-state index contributed by atoms with van der Waals surface area (Å²) in [4.78, 5) is 11.2. The Morgan fingerprint density at radius 2 is 1.69 bits per heavy atom. The number of aliphatic carboxylic acids is 1.